The smallest absolute Gasteiger partial charge is 0.333 e. The molecule has 0 N–H and O–H groups in total. The van der Waals surface area contributed by atoms with Crippen molar-refractivity contribution in [3.8, 4) is 5.82 Å². The van der Waals surface area contributed by atoms with Crippen LogP contribution >= 0.6 is 0 Å². The number of carbonyl (C=O) groups is 2. The number of rotatable bonds is 5. The molecule has 2 aromatic heterocycles. The molecule has 2 fully saturated rings. The zero-order chi connectivity index (χ0) is 22.3. The van der Waals surface area contributed by atoms with Gasteiger partial charge >= 0.3 is 5.97 Å². The molecule has 1 unspecified atom stereocenters. The highest BCUT2D eigenvalue weighted by atomic mass is 16.5. The molecule has 0 radical (unpaired) electrons. The van der Waals surface area contributed by atoms with E-state index in [4.69, 9.17) is 4.74 Å². The fourth-order valence-electron chi connectivity index (χ4n) is 5.34. The zero-order valence-electron chi connectivity index (χ0n) is 18.2. The van der Waals surface area contributed by atoms with E-state index in [1.54, 1.807) is 4.90 Å². The largest absolute Gasteiger partial charge is 0.456 e. The van der Waals surface area contributed by atoms with Crippen molar-refractivity contribution in [2.24, 2.45) is 5.41 Å². The second-order valence-electron chi connectivity index (χ2n) is 9.04. The topological polar surface area (TPSA) is 119 Å². The molecule has 2 aromatic rings. The number of hydrogen-bond donors (Lipinski definition) is 0. The summed E-state index contributed by atoms with van der Waals surface area (Å²) in [6.45, 7) is 2.94. The second-order valence-corrected chi connectivity index (χ2v) is 9.04. The molecule has 1 spiro atoms. The van der Waals surface area contributed by atoms with Crippen LogP contribution in [0.4, 0.5) is 0 Å². The van der Waals surface area contributed by atoms with Crippen LogP contribution in [0, 0.1) is 5.41 Å². The predicted molar refractivity (Wildman–Crippen MR) is 111 cm³/mol. The second kappa shape index (κ2) is 8.05. The van der Waals surface area contributed by atoms with Gasteiger partial charge in [0.05, 0.1) is 16.8 Å². The SMILES string of the molecule is CC1CC2(CCC(N(C)Cc3ccc(-n4cnnn4)nn3)CC2)C(=O)N1C1=CC(=O)OC1. The number of carbonyl (C=O) groups excluding carboxylic acids is 2. The summed E-state index contributed by atoms with van der Waals surface area (Å²) < 4.78 is 6.50. The summed E-state index contributed by atoms with van der Waals surface area (Å²) in [5, 5.41) is 19.5. The fraction of sp³-hybridized carbons (Fsp3) is 0.571. The van der Waals surface area contributed by atoms with Gasteiger partial charge < -0.3 is 9.64 Å². The Hall–Kier alpha value is -3.21. The highest BCUT2D eigenvalue weighted by molar-refractivity contribution is 5.91. The number of esters is 1. The van der Waals surface area contributed by atoms with Crippen molar-refractivity contribution in [3.63, 3.8) is 0 Å². The van der Waals surface area contributed by atoms with E-state index in [0.717, 1.165) is 37.8 Å². The molecule has 32 heavy (non-hydrogen) atoms. The molecular formula is C21H26N8O3. The van der Waals surface area contributed by atoms with Gasteiger partial charge in [-0.2, -0.15) is 9.78 Å². The molecule has 1 aliphatic carbocycles. The molecule has 3 aliphatic rings. The van der Waals surface area contributed by atoms with E-state index in [1.165, 1.54) is 17.1 Å². The maximum absolute atomic E-state index is 13.4. The molecule has 0 aromatic carbocycles. The first-order valence-corrected chi connectivity index (χ1v) is 10.9. The maximum atomic E-state index is 13.4. The van der Waals surface area contributed by atoms with Crippen molar-refractivity contribution in [3.05, 3.63) is 35.9 Å². The molecular weight excluding hydrogens is 412 g/mol. The van der Waals surface area contributed by atoms with Crippen LogP contribution in [0.3, 0.4) is 0 Å². The summed E-state index contributed by atoms with van der Waals surface area (Å²) >= 11 is 0. The number of cyclic esters (lactones) is 1. The lowest BCUT2D eigenvalue weighted by molar-refractivity contribution is -0.138. The maximum Gasteiger partial charge on any atom is 0.333 e. The van der Waals surface area contributed by atoms with Crippen LogP contribution in [0.25, 0.3) is 5.82 Å². The minimum atomic E-state index is -0.361. The first-order chi connectivity index (χ1) is 15.4. The molecule has 0 bridgehead atoms. The van der Waals surface area contributed by atoms with E-state index in [9.17, 15) is 9.59 Å². The standard InChI is InChI=1S/C21H26N8O3/c1-14-10-21(20(31)29(14)17-9-19(30)32-12-17)7-5-16(6-8-21)27(2)11-15-3-4-18(24-23-15)28-13-22-25-26-28/h3-4,9,13-14,16H,5-8,10-12H2,1-2H3. The van der Waals surface area contributed by atoms with Gasteiger partial charge in [-0.05, 0) is 68.6 Å². The molecule has 1 amide bonds. The average Bonchev–Trinajstić information content (AvgIpc) is 3.51. The van der Waals surface area contributed by atoms with E-state index in [0.29, 0.717) is 24.1 Å². The number of hydrogen-bond acceptors (Lipinski definition) is 9. The van der Waals surface area contributed by atoms with E-state index in [-0.39, 0.29) is 29.9 Å². The summed E-state index contributed by atoms with van der Waals surface area (Å²) in [4.78, 5) is 28.9. The van der Waals surface area contributed by atoms with E-state index < -0.39 is 0 Å². The highest BCUT2D eigenvalue weighted by Gasteiger charge is 2.53. The van der Waals surface area contributed by atoms with Crippen LogP contribution < -0.4 is 0 Å². The molecule has 11 nitrogen and oxygen atoms in total. The first-order valence-electron chi connectivity index (χ1n) is 10.9. The predicted octanol–water partition coefficient (Wildman–Crippen LogP) is 0.875. The van der Waals surface area contributed by atoms with Gasteiger partial charge in [-0.3, -0.25) is 9.69 Å². The monoisotopic (exact) mass is 438 g/mol. The Bertz CT molecular complexity index is 1030. The number of ether oxygens (including phenoxy) is 1. The van der Waals surface area contributed by atoms with E-state index >= 15 is 0 Å². The number of likely N-dealkylation sites (tertiary alicyclic amines) is 1. The molecule has 2 aliphatic heterocycles. The van der Waals surface area contributed by atoms with E-state index in [1.807, 2.05) is 12.1 Å². The number of amides is 1. The van der Waals surface area contributed by atoms with Crippen molar-refractivity contribution in [2.45, 2.75) is 57.7 Å². The molecule has 4 heterocycles. The lowest BCUT2D eigenvalue weighted by Gasteiger charge is -2.39. The Kier molecular flexibility index (Phi) is 5.20. The molecule has 1 atom stereocenters. The van der Waals surface area contributed by atoms with Crippen molar-refractivity contribution >= 4 is 11.9 Å². The van der Waals surface area contributed by atoms with E-state index in [2.05, 4.69) is 44.6 Å². The third kappa shape index (κ3) is 3.66. The normalized spacial score (nSPS) is 28.0. The van der Waals surface area contributed by atoms with Crippen molar-refractivity contribution in [2.75, 3.05) is 13.7 Å². The summed E-state index contributed by atoms with van der Waals surface area (Å²) in [7, 11) is 2.09. The van der Waals surface area contributed by atoms with Crippen LogP contribution in [0.15, 0.2) is 30.2 Å². The average molecular weight is 438 g/mol. The summed E-state index contributed by atoms with van der Waals surface area (Å²) in [5.74, 6) is 0.365. The van der Waals surface area contributed by atoms with Gasteiger partial charge in [0.2, 0.25) is 5.91 Å². The summed E-state index contributed by atoms with van der Waals surface area (Å²) in [6.07, 6.45) is 7.38. The van der Waals surface area contributed by atoms with Crippen molar-refractivity contribution < 1.29 is 14.3 Å². The third-order valence-electron chi connectivity index (χ3n) is 6.99. The number of tetrazole rings is 1. The molecule has 5 rings (SSSR count). The van der Waals surface area contributed by atoms with Crippen molar-refractivity contribution in [1.29, 1.82) is 0 Å². The van der Waals surface area contributed by atoms with Gasteiger partial charge in [-0.15, -0.1) is 10.2 Å². The molecule has 11 heteroatoms. The van der Waals surface area contributed by atoms with Gasteiger partial charge in [0.1, 0.15) is 12.9 Å². The highest BCUT2D eigenvalue weighted by Crippen LogP contribution is 2.49. The summed E-state index contributed by atoms with van der Waals surface area (Å²) in [6, 6.07) is 4.26. The summed E-state index contributed by atoms with van der Waals surface area (Å²) in [5.41, 5.74) is 1.25. The van der Waals surface area contributed by atoms with Crippen LogP contribution in [0.1, 0.15) is 44.7 Å². The minimum absolute atomic E-state index is 0.0894. The Morgan fingerprint density at radius 1 is 1.22 bits per heavy atom. The third-order valence-corrected chi connectivity index (χ3v) is 6.99. The Labute approximate surface area is 185 Å². The molecule has 168 valence electrons. The van der Waals surface area contributed by atoms with Gasteiger partial charge in [0, 0.05) is 24.7 Å². The van der Waals surface area contributed by atoms with Crippen molar-refractivity contribution in [1.82, 2.24) is 40.2 Å². The molecule has 1 saturated carbocycles. The Morgan fingerprint density at radius 3 is 2.66 bits per heavy atom. The number of aromatic nitrogens is 6. The van der Waals surface area contributed by atoms with Crippen LogP contribution in [0.2, 0.25) is 0 Å². The lowest BCUT2D eigenvalue weighted by Crippen LogP contribution is -2.42. The van der Waals surface area contributed by atoms with Gasteiger partial charge in [-0.25, -0.2) is 4.79 Å². The lowest BCUT2D eigenvalue weighted by atomic mass is 9.70. The fourth-order valence-corrected chi connectivity index (χ4v) is 5.34. The minimum Gasteiger partial charge on any atom is -0.456 e. The molecule has 1 saturated heterocycles. The Morgan fingerprint density at radius 2 is 2.03 bits per heavy atom. The Balaban J connectivity index is 1.19. The van der Waals surface area contributed by atoms with Crippen LogP contribution in [0.5, 0.6) is 0 Å². The zero-order valence-corrected chi connectivity index (χ0v) is 18.2. The number of nitrogens with zero attached hydrogens (tertiary/aromatic N) is 8. The van der Waals surface area contributed by atoms with Gasteiger partial charge in [0.25, 0.3) is 0 Å². The quantitative estimate of drug-likeness (QED) is 0.626. The first kappa shape index (κ1) is 20.7. The van der Waals surface area contributed by atoms with Gasteiger partial charge in [-0.1, -0.05) is 0 Å². The van der Waals surface area contributed by atoms with Gasteiger partial charge in [0.15, 0.2) is 5.82 Å². The van der Waals surface area contributed by atoms with Crippen LogP contribution in [-0.4, -0.2) is 77.8 Å². The van der Waals surface area contributed by atoms with Crippen LogP contribution in [-0.2, 0) is 20.9 Å².